The first-order valence-corrected chi connectivity index (χ1v) is 5.41. The minimum absolute atomic E-state index is 0.0699. The number of H-pyrrole nitrogens is 1. The average molecular weight is 206 g/mol. The Bertz CT molecular complexity index is 410. The molecule has 0 aromatic carbocycles. The van der Waals surface area contributed by atoms with Crippen molar-refractivity contribution in [3.63, 3.8) is 0 Å². The SMILES string of the molecule is Cc1c(C(C)(C)C)[nH]c2c1C(=O)NCC2. The van der Waals surface area contributed by atoms with Gasteiger partial charge in [-0.15, -0.1) is 0 Å². The maximum atomic E-state index is 11.7. The normalized spacial score (nSPS) is 16.1. The molecule has 0 saturated carbocycles. The molecule has 2 rings (SSSR count). The van der Waals surface area contributed by atoms with E-state index in [9.17, 15) is 4.79 Å². The second kappa shape index (κ2) is 3.12. The zero-order valence-electron chi connectivity index (χ0n) is 9.82. The van der Waals surface area contributed by atoms with Crippen molar-refractivity contribution in [2.24, 2.45) is 0 Å². The van der Waals surface area contributed by atoms with Crippen LogP contribution in [0.15, 0.2) is 0 Å². The summed E-state index contributed by atoms with van der Waals surface area (Å²) in [6.07, 6.45) is 0.915. The average Bonchev–Trinajstić information content (AvgIpc) is 2.44. The Morgan fingerprint density at radius 1 is 1.27 bits per heavy atom. The molecule has 1 aliphatic heterocycles. The van der Waals surface area contributed by atoms with Crippen molar-refractivity contribution in [2.75, 3.05) is 6.54 Å². The zero-order valence-corrected chi connectivity index (χ0v) is 9.82. The highest BCUT2D eigenvalue weighted by atomic mass is 16.1. The molecular formula is C12H18N2O. The molecule has 1 aromatic rings. The van der Waals surface area contributed by atoms with Crippen molar-refractivity contribution in [3.05, 3.63) is 22.5 Å². The number of aromatic nitrogens is 1. The summed E-state index contributed by atoms with van der Waals surface area (Å²) in [5, 5.41) is 2.88. The summed E-state index contributed by atoms with van der Waals surface area (Å²) in [4.78, 5) is 15.1. The fraction of sp³-hybridized carbons (Fsp3) is 0.583. The molecule has 2 N–H and O–H groups in total. The fourth-order valence-electron chi connectivity index (χ4n) is 2.29. The van der Waals surface area contributed by atoms with Gasteiger partial charge >= 0.3 is 0 Å². The van der Waals surface area contributed by atoms with Gasteiger partial charge in [-0.2, -0.15) is 0 Å². The molecular weight excluding hydrogens is 188 g/mol. The van der Waals surface area contributed by atoms with E-state index in [1.54, 1.807) is 0 Å². The van der Waals surface area contributed by atoms with Crippen LogP contribution in [0.5, 0.6) is 0 Å². The van der Waals surface area contributed by atoms with Gasteiger partial charge in [0.15, 0.2) is 0 Å². The molecule has 0 atom stereocenters. The van der Waals surface area contributed by atoms with Crippen LogP contribution in [0.4, 0.5) is 0 Å². The maximum absolute atomic E-state index is 11.7. The smallest absolute Gasteiger partial charge is 0.253 e. The van der Waals surface area contributed by atoms with Gasteiger partial charge in [0.1, 0.15) is 0 Å². The van der Waals surface area contributed by atoms with Crippen molar-refractivity contribution in [1.29, 1.82) is 0 Å². The van der Waals surface area contributed by atoms with Crippen molar-refractivity contribution in [2.45, 2.75) is 39.5 Å². The van der Waals surface area contributed by atoms with Gasteiger partial charge in [-0.25, -0.2) is 0 Å². The van der Waals surface area contributed by atoms with E-state index in [0.717, 1.165) is 29.8 Å². The minimum Gasteiger partial charge on any atom is -0.361 e. The monoisotopic (exact) mass is 206 g/mol. The topological polar surface area (TPSA) is 44.9 Å². The molecule has 1 amide bonds. The van der Waals surface area contributed by atoms with Crippen LogP contribution < -0.4 is 5.32 Å². The van der Waals surface area contributed by atoms with Crippen LogP contribution in [0.25, 0.3) is 0 Å². The van der Waals surface area contributed by atoms with E-state index in [1.165, 1.54) is 5.69 Å². The van der Waals surface area contributed by atoms with Crippen molar-refractivity contribution >= 4 is 5.91 Å². The number of hydrogen-bond donors (Lipinski definition) is 2. The minimum atomic E-state index is 0.0699. The third-order valence-corrected chi connectivity index (χ3v) is 2.97. The second-order valence-corrected chi connectivity index (χ2v) is 5.23. The Kier molecular flexibility index (Phi) is 2.14. The lowest BCUT2D eigenvalue weighted by Crippen LogP contribution is -2.31. The number of rotatable bonds is 0. The first-order chi connectivity index (χ1) is 6.91. The third-order valence-electron chi connectivity index (χ3n) is 2.97. The second-order valence-electron chi connectivity index (χ2n) is 5.23. The fourth-order valence-corrected chi connectivity index (χ4v) is 2.29. The van der Waals surface area contributed by atoms with Gasteiger partial charge in [0.05, 0.1) is 5.56 Å². The first-order valence-electron chi connectivity index (χ1n) is 5.41. The summed E-state index contributed by atoms with van der Waals surface area (Å²) >= 11 is 0. The van der Waals surface area contributed by atoms with Gasteiger partial charge in [-0.3, -0.25) is 4.79 Å². The van der Waals surface area contributed by atoms with E-state index in [-0.39, 0.29) is 11.3 Å². The Hall–Kier alpha value is -1.25. The van der Waals surface area contributed by atoms with Gasteiger partial charge < -0.3 is 10.3 Å². The highest BCUT2D eigenvalue weighted by Crippen LogP contribution is 2.30. The van der Waals surface area contributed by atoms with Gasteiger partial charge in [-0.05, 0) is 12.5 Å². The molecule has 0 fully saturated rings. The zero-order chi connectivity index (χ0) is 11.2. The van der Waals surface area contributed by atoms with E-state index in [2.05, 4.69) is 31.1 Å². The molecule has 3 heteroatoms. The Morgan fingerprint density at radius 3 is 2.47 bits per heavy atom. The highest BCUT2D eigenvalue weighted by molar-refractivity contribution is 5.98. The Balaban J connectivity index is 2.58. The van der Waals surface area contributed by atoms with Crippen LogP contribution in [0.2, 0.25) is 0 Å². The molecule has 0 bridgehead atoms. The molecule has 0 radical (unpaired) electrons. The highest BCUT2D eigenvalue weighted by Gasteiger charge is 2.28. The predicted molar refractivity (Wildman–Crippen MR) is 60.3 cm³/mol. The number of fused-ring (bicyclic) bond motifs is 1. The molecule has 0 saturated heterocycles. The number of carbonyl (C=O) groups is 1. The molecule has 15 heavy (non-hydrogen) atoms. The largest absolute Gasteiger partial charge is 0.361 e. The van der Waals surface area contributed by atoms with Crippen LogP contribution in [0, 0.1) is 6.92 Å². The van der Waals surface area contributed by atoms with Gasteiger partial charge in [0.25, 0.3) is 5.91 Å². The number of amides is 1. The molecule has 82 valence electrons. The third kappa shape index (κ3) is 1.56. The summed E-state index contributed by atoms with van der Waals surface area (Å²) in [5.74, 6) is 0.0699. The quantitative estimate of drug-likeness (QED) is 0.669. The van der Waals surface area contributed by atoms with Crippen LogP contribution >= 0.6 is 0 Å². The van der Waals surface area contributed by atoms with E-state index < -0.39 is 0 Å². The van der Waals surface area contributed by atoms with E-state index in [0.29, 0.717) is 0 Å². The molecule has 3 nitrogen and oxygen atoms in total. The van der Waals surface area contributed by atoms with Crippen LogP contribution in [-0.4, -0.2) is 17.4 Å². The number of aromatic amines is 1. The Morgan fingerprint density at radius 2 is 1.93 bits per heavy atom. The number of nitrogens with one attached hydrogen (secondary N) is 2. The number of carbonyl (C=O) groups excluding carboxylic acids is 1. The van der Waals surface area contributed by atoms with Gasteiger partial charge in [0.2, 0.25) is 0 Å². The molecule has 1 aromatic heterocycles. The lowest BCUT2D eigenvalue weighted by molar-refractivity contribution is 0.0945. The maximum Gasteiger partial charge on any atom is 0.253 e. The van der Waals surface area contributed by atoms with Crippen LogP contribution in [-0.2, 0) is 11.8 Å². The lowest BCUT2D eigenvalue weighted by Gasteiger charge is -2.18. The summed E-state index contributed by atoms with van der Waals surface area (Å²) in [6.45, 7) is 9.26. The van der Waals surface area contributed by atoms with E-state index in [4.69, 9.17) is 0 Å². The van der Waals surface area contributed by atoms with Crippen LogP contribution in [0.1, 0.15) is 48.1 Å². The Labute approximate surface area is 90.3 Å². The van der Waals surface area contributed by atoms with E-state index >= 15 is 0 Å². The molecule has 0 spiro atoms. The van der Waals surface area contributed by atoms with Crippen molar-refractivity contribution in [3.8, 4) is 0 Å². The summed E-state index contributed by atoms with van der Waals surface area (Å²) in [5.41, 5.74) is 4.33. The summed E-state index contributed by atoms with van der Waals surface area (Å²) < 4.78 is 0. The standard InChI is InChI=1S/C12H18N2O/c1-7-9-8(5-6-13-11(9)15)14-10(7)12(2,3)4/h14H,5-6H2,1-4H3,(H,13,15). The van der Waals surface area contributed by atoms with Gasteiger partial charge in [0, 0.05) is 29.8 Å². The molecule has 0 aliphatic carbocycles. The predicted octanol–water partition coefficient (Wildman–Crippen LogP) is 1.91. The van der Waals surface area contributed by atoms with Crippen molar-refractivity contribution in [1.82, 2.24) is 10.3 Å². The summed E-state index contributed by atoms with van der Waals surface area (Å²) in [6, 6.07) is 0. The van der Waals surface area contributed by atoms with Crippen molar-refractivity contribution < 1.29 is 4.79 Å². The van der Waals surface area contributed by atoms with Gasteiger partial charge in [-0.1, -0.05) is 20.8 Å². The first kappa shape index (κ1) is 10.3. The number of hydrogen-bond acceptors (Lipinski definition) is 1. The molecule has 1 aliphatic rings. The molecule has 0 unspecified atom stereocenters. The molecule has 2 heterocycles. The van der Waals surface area contributed by atoms with E-state index in [1.807, 2.05) is 6.92 Å². The van der Waals surface area contributed by atoms with Crippen LogP contribution in [0.3, 0.4) is 0 Å². The lowest BCUT2D eigenvalue weighted by atomic mass is 9.89. The summed E-state index contributed by atoms with van der Waals surface area (Å²) in [7, 11) is 0.